The Morgan fingerprint density at radius 1 is 1.13 bits per heavy atom. The van der Waals surface area contributed by atoms with E-state index >= 15 is 0 Å². The van der Waals surface area contributed by atoms with Crippen molar-refractivity contribution in [3.63, 3.8) is 0 Å². The van der Waals surface area contributed by atoms with Gasteiger partial charge in [-0.3, -0.25) is 4.79 Å². The van der Waals surface area contributed by atoms with Crippen LogP contribution in [0.2, 0.25) is 0 Å². The predicted molar refractivity (Wildman–Crippen MR) is 117 cm³/mol. The molecule has 0 aliphatic heterocycles. The second-order valence-corrected chi connectivity index (χ2v) is 8.83. The number of esters is 1. The lowest BCUT2D eigenvalue weighted by molar-refractivity contribution is -0.125. The van der Waals surface area contributed by atoms with E-state index in [1.807, 2.05) is 32.0 Å². The van der Waals surface area contributed by atoms with E-state index < -0.39 is 5.97 Å². The number of aryl methyl sites for hydroxylation is 2. The number of benzene rings is 1. The fourth-order valence-corrected chi connectivity index (χ4v) is 4.69. The summed E-state index contributed by atoms with van der Waals surface area (Å²) in [5, 5.41) is 3.69. The first kappa shape index (κ1) is 22.3. The molecule has 1 fully saturated rings. The number of thioether (sulfide) groups is 1. The Labute approximate surface area is 182 Å². The first-order valence-electron chi connectivity index (χ1n) is 10.4. The van der Waals surface area contributed by atoms with Crippen molar-refractivity contribution in [3.8, 4) is 0 Å². The molecule has 1 N–H and O–H groups in total. The molecule has 30 heavy (non-hydrogen) atoms. The van der Waals surface area contributed by atoms with Crippen LogP contribution < -0.4 is 5.32 Å². The van der Waals surface area contributed by atoms with E-state index in [2.05, 4.69) is 22.2 Å². The fourth-order valence-electron chi connectivity index (χ4n) is 3.73. The van der Waals surface area contributed by atoms with Crippen molar-refractivity contribution in [2.24, 2.45) is 5.92 Å². The summed E-state index contributed by atoms with van der Waals surface area (Å²) in [5.41, 5.74) is 3.12. The van der Waals surface area contributed by atoms with Crippen LogP contribution in [0.3, 0.4) is 0 Å². The van der Waals surface area contributed by atoms with Gasteiger partial charge in [0.25, 0.3) is 5.91 Å². The number of carbonyl (C=O) groups excluding carboxylic acids is 2. The SMILES string of the molecule is Cc1cc(C)nc(SCc2ccccc2C(=O)OCC(=O)N[C@H]2CCCC[C@H]2C)n1. The molecule has 3 rings (SSSR count). The largest absolute Gasteiger partial charge is 0.452 e. The second kappa shape index (κ2) is 10.6. The summed E-state index contributed by atoms with van der Waals surface area (Å²) in [4.78, 5) is 33.7. The topological polar surface area (TPSA) is 81.2 Å². The average molecular weight is 428 g/mol. The van der Waals surface area contributed by atoms with Crippen molar-refractivity contribution in [1.82, 2.24) is 15.3 Å². The van der Waals surface area contributed by atoms with Gasteiger partial charge in [-0.25, -0.2) is 14.8 Å². The van der Waals surface area contributed by atoms with E-state index in [1.165, 1.54) is 18.2 Å². The van der Waals surface area contributed by atoms with Gasteiger partial charge in [0.05, 0.1) is 5.56 Å². The number of amides is 1. The highest BCUT2D eigenvalue weighted by Gasteiger charge is 2.23. The summed E-state index contributed by atoms with van der Waals surface area (Å²) in [6.07, 6.45) is 4.45. The van der Waals surface area contributed by atoms with Crippen LogP contribution in [0.4, 0.5) is 0 Å². The molecule has 1 heterocycles. The van der Waals surface area contributed by atoms with E-state index in [0.717, 1.165) is 36.2 Å². The monoisotopic (exact) mass is 427 g/mol. The lowest BCUT2D eigenvalue weighted by atomic mass is 9.86. The summed E-state index contributed by atoms with van der Waals surface area (Å²) < 4.78 is 5.31. The Kier molecular flexibility index (Phi) is 7.85. The molecular weight excluding hydrogens is 398 g/mol. The molecule has 1 aliphatic carbocycles. The van der Waals surface area contributed by atoms with Gasteiger partial charge in [0.1, 0.15) is 0 Å². The van der Waals surface area contributed by atoms with Gasteiger partial charge in [-0.2, -0.15) is 0 Å². The lowest BCUT2D eigenvalue weighted by Gasteiger charge is -2.29. The van der Waals surface area contributed by atoms with Crippen LogP contribution in [0.5, 0.6) is 0 Å². The van der Waals surface area contributed by atoms with Gasteiger partial charge in [0, 0.05) is 23.2 Å². The van der Waals surface area contributed by atoms with E-state index in [4.69, 9.17) is 4.74 Å². The second-order valence-electron chi connectivity index (χ2n) is 7.89. The number of ether oxygens (including phenoxy) is 1. The highest BCUT2D eigenvalue weighted by atomic mass is 32.2. The maximum Gasteiger partial charge on any atom is 0.338 e. The molecule has 0 saturated heterocycles. The maximum atomic E-state index is 12.6. The molecule has 160 valence electrons. The summed E-state index contributed by atoms with van der Waals surface area (Å²) in [6, 6.07) is 9.38. The minimum absolute atomic E-state index is 0.173. The summed E-state index contributed by atoms with van der Waals surface area (Å²) in [5.74, 6) is 0.278. The maximum absolute atomic E-state index is 12.6. The number of nitrogens with one attached hydrogen (secondary N) is 1. The zero-order chi connectivity index (χ0) is 21.5. The number of rotatable bonds is 7. The van der Waals surface area contributed by atoms with Crippen molar-refractivity contribution in [2.75, 3.05) is 6.61 Å². The van der Waals surface area contributed by atoms with Gasteiger partial charge >= 0.3 is 5.97 Å². The number of nitrogens with zero attached hydrogens (tertiary/aromatic N) is 2. The Morgan fingerprint density at radius 2 is 1.83 bits per heavy atom. The quantitative estimate of drug-likeness (QED) is 0.404. The van der Waals surface area contributed by atoms with Gasteiger partial charge in [-0.05, 0) is 50.3 Å². The number of aromatic nitrogens is 2. The first-order chi connectivity index (χ1) is 14.4. The van der Waals surface area contributed by atoms with Gasteiger partial charge in [0.2, 0.25) is 0 Å². The molecule has 1 aromatic heterocycles. The van der Waals surface area contributed by atoms with E-state index in [-0.39, 0.29) is 18.6 Å². The lowest BCUT2D eigenvalue weighted by Crippen LogP contribution is -2.42. The van der Waals surface area contributed by atoms with Crippen molar-refractivity contribution in [2.45, 2.75) is 63.4 Å². The third-order valence-electron chi connectivity index (χ3n) is 5.35. The normalized spacial score (nSPS) is 18.6. The molecule has 0 unspecified atom stereocenters. The zero-order valence-corrected chi connectivity index (χ0v) is 18.6. The average Bonchev–Trinajstić information content (AvgIpc) is 2.72. The molecule has 6 nitrogen and oxygen atoms in total. The van der Waals surface area contributed by atoms with Crippen LogP contribution >= 0.6 is 11.8 Å². The summed E-state index contributed by atoms with van der Waals surface area (Å²) >= 11 is 1.47. The Balaban J connectivity index is 1.56. The molecular formula is C23H29N3O3S. The number of hydrogen-bond acceptors (Lipinski definition) is 6. The van der Waals surface area contributed by atoms with Crippen LogP contribution in [0, 0.1) is 19.8 Å². The molecule has 1 amide bonds. The van der Waals surface area contributed by atoms with E-state index in [9.17, 15) is 9.59 Å². The highest BCUT2D eigenvalue weighted by Crippen LogP contribution is 2.24. The van der Waals surface area contributed by atoms with Crippen molar-refractivity contribution >= 4 is 23.6 Å². The van der Waals surface area contributed by atoms with Crippen LogP contribution in [-0.2, 0) is 15.3 Å². The van der Waals surface area contributed by atoms with E-state index in [1.54, 1.807) is 12.1 Å². The minimum Gasteiger partial charge on any atom is -0.452 e. The van der Waals surface area contributed by atoms with Crippen LogP contribution in [0.1, 0.15) is 59.9 Å². The molecule has 0 radical (unpaired) electrons. The molecule has 2 aromatic rings. The molecule has 1 saturated carbocycles. The molecule has 0 spiro atoms. The van der Waals surface area contributed by atoms with Gasteiger partial charge in [0.15, 0.2) is 11.8 Å². The standard InChI is InChI=1S/C23H29N3O3S/c1-15-8-4-7-11-20(15)26-21(27)13-29-22(28)19-10-6-5-9-18(19)14-30-23-24-16(2)12-17(3)25-23/h5-6,9-10,12,15,20H,4,7-8,11,13-14H2,1-3H3,(H,26,27)/t15-,20+/m1/s1. The minimum atomic E-state index is -0.487. The third kappa shape index (κ3) is 6.29. The molecule has 0 bridgehead atoms. The van der Waals surface area contributed by atoms with E-state index in [0.29, 0.717) is 22.4 Å². The van der Waals surface area contributed by atoms with Gasteiger partial charge in [-0.1, -0.05) is 49.7 Å². The summed E-state index contributed by atoms with van der Waals surface area (Å²) in [6.45, 7) is 5.76. The third-order valence-corrected chi connectivity index (χ3v) is 6.24. The highest BCUT2D eigenvalue weighted by molar-refractivity contribution is 7.98. The molecule has 7 heteroatoms. The van der Waals surface area contributed by atoms with Crippen molar-refractivity contribution in [1.29, 1.82) is 0 Å². The summed E-state index contributed by atoms with van der Waals surface area (Å²) in [7, 11) is 0. The number of hydrogen-bond donors (Lipinski definition) is 1. The Morgan fingerprint density at radius 3 is 2.57 bits per heavy atom. The molecule has 1 aromatic carbocycles. The van der Waals surface area contributed by atoms with Crippen LogP contribution in [0.25, 0.3) is 0 Å². The zero-order valence-electron chi connectivity index (χ0n) is 17.8. The predicted octanol–water partition coefficient (Wildman–Crippen LogP) is 4.24. The van der Waals surface area contributed by atoms with Crippen LogP contribution in [-0.4, -0.2) is 34.5 Å². The number of carbonyl (C=O) groups is 2. The smallest absolute Gasteiger partial charge is 0.338 e. The first-order valence-corrected chi connectivity index (χ1v) is 11.4. The fraction of sp³-hybridized carbons (Fsp3) is 0.478. The van der Waals surface area contributed by atoms with Crippen molar-refractivity contribution in [3.05, 3.63) is 52.8 Å². The Bertz CT molecular complexity index is 883. The van der Waals surface area contributed by atoms with Gasteiger partial charge in [-0.15, -0.1) is 0 Å². The van der Waals surface area contributed by atoms with Gasteiger partial charge < -0.3 is 10.1 Å². The van der Waals surface area contributed by atoms with Crippen molar-refractivity contribution < 1.29 is 14.3 Å². The van der Waals surface area contributed by atoms with Crippen LogP contribution in [0.15, 0.2) is 35.5 Å². The molecule has 1 aliphatic rings. The Hall–Kier alpha value is -2.41. The molecule has 2 atom stereocenters.